The summed E-state index contributed by atoms with van der Waals surface area (Å²) in [5, 5.41) is 0. The van der Waals surface area contributed by atoms with E-state index in [1.54, 1.807) is 0 Å². The quantitative estimate of drug-likeness (QED) is 0.438. The lowest BCUT2D eigenvalue weighted by Crippen LogP contribution is -2.31. The third-order valence-corrected chi connectivity index (χ3v) is 6.81. The molecule has 3 aromatic rings. The molecule has 3 aromatic carbocycles. The van der Waals surface area contributed by atoms with Crippen molar-refractivity contribution in [2.45, 2.75) is 31.6 Å². The fourth-order valence-electron chi connectivity index (χ4n) is 5.51. The molecule has 0 saturated carbocycles. The van der Waals surface area contributed by atoms with Crippen LogP contribution in [0.25, 0.3) is 17.2 Å². The minimum absolute atomic E-state index is 0.0121. The highest BCUT2D eigenvalue weighted by Crippen LogP contribution is 2.60. The molecule has 0 amide bonds. The van der Waals surface area contributed by atoms with Crippen LogP contribution in [0.3, 0.4) is 0 Å². The molecule has 0 aliphatic heterocycles. The Morgan fingerprint density at radius 1 is 0.821 bits per heavy atom. The fourth-order valence-corrected chi connectivity index (χ4v) is 5.51. The van der Waals surface area contributed by atoms with Crippen molar-refractivity contribution < 1.29 is 0 Å². The average molecular weight is 361 g/mol. The van der Waals surface area contributed by atoms with Crippen LogP contribution in [0.5, 0.6) is 0 Å². The summed E-state index contributed by atoms with van der Waals surface area (Å²) >= 11 is 0. The SMILES string of the molecule is C#CCCC(C)(C1C=Cc2ccccc21)C1c2ccccc2-c2ccccc21. The summed E-state index contributed by atoms with van der Waals surface area (Å²) in [5.74, 6) is 3.62. The van der Waals surface area contributed by atoms with Gasteiger partial charge in [-0.3, -0.25) is 0 Å². The van der Waals surface area contributed by atoms with E-state index in [-0.39, 0.29) is 5.41 Å². The van der Waals surface area contributed by atoms with Gasteiger partial charge in [-0.25, -0.2) is 0 Å². The summed E-state index contributed by atoms with van der Waals surface area (Å²) in [6.45, 7) is 2.45. The monoisotopic (exact) mass is 360 g/mol. The van der Waals surface area contributed by atoms with Crippen molar-refractivity contribution in [2.24, 2.45) is 5.41 Å². The van der Waals surface area contributed by atoms with Crippen LogP contribution in [0.15, 0.2) is 78.9 Å². The molecule has 0 heterocycles. The van der Waals surface area contributed by atoms with E-state index in [4.69, 9.17) is 6.42 Å². The highest BCUT2D eigenvalue weighted by molar-refractivity contribution is 5.79. The Hall–Kier alpha value is -3.04. The van der Waals surface area contributed by atoms with E-state index in [0.29, 0.717) is 11.8 Å². The molecule has 0 saturated heterocycles. The predicted octanol–water partition coefficient (Wildman–Crippen LogP) is 7.03. The Balaban J connectivity index is 1.72. The third kappa shape index (κ3) is 2.40. The normalized spacial score (nSPS) is 18.8. The average Bonchev–Trinajstić information content (AvgIpc) is 3.32. The molecule has 0 aromatic heterocycles. The van der Waals surface area contributed by atoms with Crippen LogP contribution in [0.2, 0.25) is 0 Å². The van der Waals surface area contributed by atoms with Gasteiger partial charge in [0.15, 0.2) is 0 Å². The summed E-state index contributed by atoms with van der Waals surface area (Å²) in [7, 11) is 0. The van der Waals surface area contributed by atoms with E-state index in [1.165, 1.54) is 33.4 Å². The van der Waals surface area contributed by atoms with Gasteiger partial charge in [0.2, 0.25) is 0 Å². The Bertz CT molecular complexity index is 1070. The highest BCUT2D eigenvalue weighted by atomic mass is 14.5. The van der Waals surface area contributed by atoms with E-state index < -0.39 is 0 Å². The van der Waals surface area contributed by atoms with Gasteiger partial charge in [0, 0.05) is 18.3 Å². The number of hydrogen-bond donors (Lipinski definition) is 0. The zero-order chi connectivity index (χ0) is 19.1. The number of fused-ring (bicyclic) bond motifs is 4. The minimum atomic E-state index is 0.0121. The molecular formula is C28H24. The zero-order valence-corrected chi connectivity index (χ0v) is 16.2. The minimum Gasteiger partial charge on any atom is -0.120 e. The first-order valence-corrected chi connectivity index (χ1v) is 10.1. The summed E-state index contributed by atoms with van der Waals surface area (Å²) in [4.78, 5) is 0. The highest BCUT2D eigenvalue weighted by Gasteiger charge is 2.47. The van der Waals surface area contributed by atoms with Crippen LogP contribution in [0, 0.1) is 17.8 Å². The van der Waals surface area contributed by atoms with Crippen molar-refractivity contribution in [3.05, 3.63) is 101 Å². The Labute approximate surface area is 167 Å². The standard InChI is InChI=1S/C28H24/c1-3-4-19-28(2,26-18-17-20-11-5-6-12-21(20)26)27-24-15-9-7-13-22(24)23-14-8-10-16-25(23)27/h1,5-18,26-27H,4,19H2,2H3. The van der Waals surface area contributed by atoms with E-state index >= 15 is 0 Å². The van der Waals surface area contributed by atoms with Gasteiger partial charge in [0.25, 0.3) is 0 Å². The molecule has 0 nitrogen and oxygen atoms in total. The van der Waals surface area contributed by atoms with E-state index in [2.05, 4.69) is 97.8 Å². The molecule has 28 heavy (non-hydrogen) atoms. The maximum atomic E-state index is 5.75. The van der Waals surface area contributed by atoms with Gasteiger partial charge in [0.1, 0.15) is 0 Å². The Kier molecular flexibility index (Phi) is 3.99. The van der Waals surface area contributed by atoms with Gasteiger partial charge >= 0.3 is 0 Å². The van der Waals surface area contributed by atoms with Crippen LogP contribution in [0.1, 0.15) is 53.9 Å². The second-order valence-corrected chi connectivity index (χ2v) is 8.28. The molecule has 0 spiro atoms. The Morgan fingerprint density at radius 3 is 2.04 bits per heavy atom. The van der Waals surface area contributed by atoms with E-state index in [0.717, 1.165) is 12.8 Å². The second kappa shape index (κ2) is 6.54. The number of hydrogen-bond acceptors (Lipinski definition) is 0. The van der Waals surface area contributed by atoms with Crippen molar-refractivity contribution in [1.29, 1.82) is 0 Å². The van der Waals surface area contributed by atoms with Crippen molar-refractivity contribution in [1.82, 2.24) is 0 Å². The lowest BCUT2D eigenvalue weighted by atomic mass is 9.61. The van der Waals surface area contributed by atoms with Crippen molar-refractivity contribution in [2.75, 3.05) is 0 Å². The molecular weight excluding hydrogens is 336 g/mol. The predicted molar refractivity (Wildman–Crippen MR) is 118 cm³/mol. The molecule has 136 valence electrons. The molecule has 0 bridgehead atoms. The van der Waals surface area contributed by atoms with Gasteiger partial charge in [0.05, 0.1) is 0 Å². The molecule has 2 atom stereocenters. The first-order valence-electron chi connectivity index (χ1n) is 10.1. The largest absolute Gasteiger partial charge is 0.120 e. The molecule has 2 aliphatic carbocycles. The number of allylic oxidation sites excluding steroid dienone is 1. The van der Waals surface area contributed by atoms with Crippen molar-refractivity contribution in [3.63, 3.8) is 0 Å². The van der Waals surface area contributed by atoms with Gasteiger partial charge in [-0.15, -0.1) is 12.3 Å². The van der Waals surface area contributed by atoms with E-state index in [9.17, 15) is 0 Å². The molecule has 2 unspecified atom stereocenters. The first-order chi connectivity index (χ1) is 13.7. The summed E-state index contributed by atoms with van der Waals surface area (Å²) in [6, 6.07) is 26.7. The smallest absolute Gasteiger partial charge is 0.0165 e. The first kappa shape index (κ1) is 17.1. The van der Waals surface area contributed by atoms with Crippen LogP contribution >= 0.6 is 0 Å². The summed E-state index contributed by atoms with van der Waals surface area (Å²) in [5.41, 5.74) is 8.44. The van der Waals surface area contributed by atoms with Crippen LogP contribution in [0.4, 0.5) is 0 Å². The molecule has 0 radical (unpaired) electrons. The van der Waals surface area contributed by atoms with Crippen LogP contribution in [-0.2, 0) is 0 Å². The maximum Gasteiger partial charge on any atom is 0.0165 e. The van der Waals surface area contributed by atoms with Crippen LogP contribution in [-0.4, -0.2) is 0 Å². The van der Waals surface area contributed by atoms with Gasteiger partial charge in [-0.1, -0.05) is 91.9 Å². The van der Waals surface area contributed by atoms with Gasteiger partial charge in [-0.2, -0.15) is 0 Å². The zero-order valence-electron chi connectivity index (χ0n) is 16.2. The van der Waals surface area contributed by atoms with Crippen molar-refractivity contribution >= 4 is 6.08 Å². The third-order valence-electron chi connectivity index (χ3n) is 6.81. The number of rotatable bonds is 4. The summed E-state index contributed by atoms with van der Waals surface area (Å²) < 4.78 is 0. The Morgan fingerprint density at radius 2 is 1.39 bits per heavy atom. The molecule has 5 rings (SSSR count). The topological polar surface area (TPSA) is 0 Å². The van der Waals surface area contributed by atoms with Crippen LogP contribution < -0.4 is 0 Å². The molecule has 0 fully saturated rings. The van der Waals surface area contributed by atoms with Gasteiger partial charge < -0.3 is 0 Å². The second-order valence-electron chi connectivity index (χ2n) is 8.28. The van der Waals surface area contributed by atoms with Gasteiger partial charge in [-0.05, 0) is 45.2 Å². The maximum absolute atomic E-state index is 5.75. The number of benzene rings is 3. The lowest BCUT2D eigenvalue weighted by Gasteiger charge is -2.42. The summed E-state index contributed by atoms with van der Waals surface area (Å²) in [6.07, 6.45) is 12.2. The molecule has 0 heteroatoms. The number of terminal acetylenes is 1. The van der Waals surface area contributed by atoms with Crippen molar-refractivity contribution in [3.8, 4) is 23.5 Å². The fraction of sp³-hybridized carbons (Fsp3) is 0.214. The molecule has 2 aliphatic rings. The lowest BCUT2D eigenvalue weighted by molar-refractivity contribution is 0.233. The molecule has 0 N–H and O–H groups in total. The van der Waals surface area contributed by atoms with E-state index in [1.807, 2.05) is 0 Å².